The molecule has 156 valence electrons. The van der Waals surface area contributed by atoms with E-state index in [1.807, 2.05) is 37.3 Å². The van der Waals surface area contributed by atoms with Gasteiger partial charge in [0.05, 0.1) is 15.1 Å². The third-order valence-corrected chi connectivity index (χ3v) is 6.56. The molecule has 2 amide bonds. The first-order chi connectivity index (χ1) is 14.3. The van der Waals surface area contributed by atoms with E-state index >= 15 is 0 Å². The zero-order valence-corrected chi connectivity index (χ0v) is 19.7. The normalized spacial score (nSPS) is 10.7. The number of carbonyl (C=O) groups excluding carboxylic acids is 2. The quantitative estimate of drug-likeness (QED) is 0.405. The van der Waals surface area contributed by atoms with Crippen molar-refractivity contribution in [3.05, 3.63) is 78.6 Å². The number of ether oxygens (including phenoxy) is 1. The average Bonchev–Trinajstić information content (AvgIpc) is 2.96. The number of nitrogens with one attached hydrogen (secondary N) is 1. The van der Waals surface area contributed by atoms with Crippen LogP contribution in [0.5, 0.6) is 5.75 Å². The molecule has 0 unspecified atom stereocenters. The second-order valence-electron chi connectivity index (χ2n) is 6.42. The fourth-order valence-corrected chi connectivity index (χ4v) is 5.49. The zero-order valence-electron chi connectivity index (χ0n) is 15.8. The maximum atomic E-state index is 12.5. The lowest BCUT2D eigenvalue weighted by Crippen LogP contribution is -2.22. The minimum absolute atomic E-state index is 0.275. The van der Waals surface area contributed by atoms with E-state index in [1.165, 1.54) is 17.4 Å². The van der Waals surface area contributed by atoms with E-state index in [0.717, 1.165) is 16.0 Å². The molecule has 0 fully saturated rings. The highest BCUT2D eigenvalue weighted by Crippen LogP contribution is 2.37. The van der Waals surface area contributed by atoms with Crippen LogP contribution in [0.1, 0.15) is 26.4 Å². The van der Waals surface area contributed by atoms with Crippen molar-refractivity contribution in [2.24, 2.45) is 5.73 Å². The Bertz CT molecular complexity index is 1080. The molecule has 9 heteroatoms. The average molecular weight is 528 g/mol. The van der Waals surface area contributed by atoms with Gasteiger partial charge in [-0.2, -0.15) is 0 Å². The molecule has 0 aliphatic carbocycles. The Balaban J connectivity index is 1.76. The van der Waals surface area contributed by atoms with Crippen molar-refractivity contribution in [2.45, 2.75) is 13.3 Å². The topological polar surface area (TPSA) is 81.4 Å². The van der Waals surface area contributed by atoms with E-state index in [4.69, 9.17) is 33.7 Å². The minimum Gasteiger partial charge on any atom is -0.481 e. The van der Waals surface area contributed by atoms with E-state index < -0.39 is 11.8 Å². The maximum Gasteiger partial charge on any atom is 0.262 e. The summed E-state index contributed by atoms with van der Waals surface area (Å²) < 4.78 is 6.06. The van der Waals surface area contributed by atoms with E-state index in [9.17, 15) is 9.59 Å². The number of anilines is 1. The first kappa shape index (κ1) is 22.6. The molecule has 2 aromatic carbocycles. The van der Waals surface area contributed by atoms with Crippen LogP contribution in [0.2, 0.25) is 10.0 Å². The molecule has 1 aromatic heterocycles. The van der Waals surface area contributed by atoms with Crippen molar-refractivity contribution in [3.63, 3.8) is 0 Å². The summed E-state index contributed by atoms with van der Waals surface area (Å²) in [5.74, 6) is -0.732. The fourth-order valence-electron chi connectivity index (χ4n) is 2.86. The number of benzene rings is 2. The van der Waals surface area contributed by atoms with Crippen LogP contribution in [-0.2, 0) is 11.2 Å². The number of hydrogen-bond acceptors (Lipinski definition) is 4. The van der Waals surface area contributed by atoms with Crippen LogP contribution in [0, 0.1) is 6.92 Å². The number of amides is 2. The Morgan fingerprint density at radius 3 is 2.53 bits per heavy atom. The highest BCUT2D eigenvalue weighted by molar-refractivity contribution is 9.10. The van der Waals surface area contributed by atoms with E-state index in [0.29, 0.717) is 32.2 Å². The Kier molecular flexibility index (Phi) is 7.41. The lowest BCUT2D eigenvalue weighted by atomic mass is 10.1. The number of rotatable bonds is 7. The monoisotopic (exact) mass is 526 g/mol. The molecular weight excluding hydrogens is 511 g/mol. The maximum absolute atomic E-state index is 12.5. The van der Waals surface area contributed by atoms with Crippen LogP contribution in [0.4, 0.5) is 5.00 Å². The number of hydrogen-bond donors (Lipinski definition) is 2. The van der Waals surface area contributed by atoms with Gasteiger partial charge in [-0.25, -0.2) is 0 Å². The van der Waals surface area contributed by atoms with Crippen molar-refractivity contribution in [3.8, 4) is 5.75 Å². The summed E-state index contributed by atoms with van der Waals surface area (Å²) in [6.07, 6.45) is 0.636. The van der Waals surface area contributed by atoms with Gasteiger partial charge in [0.15, 0.2) is 12.4 Å². The van der Waals surface area contributed by atoms with Crippen LogP contribution in [0.15, 0.2) is 46.9 Å². The van der Waals surface area contributed by atoms with Gasteiger partial charge in [0.2, 0.25) is 0 Å². The molecule has 30 heavy (non-hydrogen) atoms. The Morgan fingerprint density at radius 2 is 1.90 bits per heavy atom. The van der Waals surface area contributed by atoms with Crippen molar-refractivity contribution < 1.29 is 14.3 Å². The zero-order chi connectivity index (χ0) is 21.8. The SMILES string of the molecule is Cc1c(Cc2ccccc2)sc(NC(=O)COc2c(Cl)cc(Cl)cc2Br)c1C(N)=O. The lowest BCUT2D eigenvalue weighted by Gasteiger charge is -2.11. The summed E-state index contributed by atoms with van der Waals surface area (Å²) in [5.41, 5.74) is 7.73. The third-order valence-electron chi connectivity index (χ3n) is 4.26. The number of nitrogens with two attached hydrogens (primary N) is 1. The van der Waals surface area contributed by atoms with Crippen LogP contribution in [0.3, 0.4) is 0 Å². The highest BCUT2D eigenvalue weighted by atomic mass is 79.9. The molecule has 0 saturated heterocycles. The van der Waals surface area contributed by atoms with Crippen molar-refractivity contribution in [1.82, 2.24) is 0 Å². The number of halogens is 3. The molecule has 0 saturated carbocycles. The van der Waals surface area contributed by atoms with Gasteiger partial charge in [-0.15, -0.1) is 11.3 Å². The molecule has 5 nitrogen and oxygen atoms in total. The minimum atomic E-state index is -0.595. The molecule has 0 spiro atoms. The van der Waals surface area contributed by atoms with Gasteiger partial charge in [-0.3, -0.25) is 9.59 Å². The summed E-state index contributed by atoms with van der Waals surface area (Å²) in [6.45, 7) is 1.52. The predicted molar refractivity (Wildman–Crippen MR) is 125 cm³/mol. The lowest BCUT2D eigenvalue weighted by molar-refractivity contribution is -0.118. The van der Waals surface area contributed by atoms with Gasteiger partial charge in [0.25, 0.3) is 11.8 Å². The van der Waals surface area contributed by atoms with Crippen molar-refractivity contribution in [1.29, 1.82) is 0 Å². The molecule has 0 atom stereocenters. The number of carbonyl (C=O) groups is 2. The summed E-state index contributed by atoms with van der Waals surface area (Å²) >= 11 is 16.7. The van der Waals surface area contributed by atoms with Gasteiger partial charge < -0.3 is 15.8 Å². The molecule has 1 heterocycles. The Hall–Kier alpha value is -2.06. The first-order valence-electron chi connectivity index (χ1n) is 8.79. The summed E-state index contributed by atoms with van der Waals surface area (Å²) in [7, 11) is 0. The van der Waals surface area contributed by atoms with Crippen LogP contribution in [-0.4, -0.2) is 18.4 Å². The second kappa shape index (κ2) is 9.83. The van der Waals surface area contributed by atoms with E-state index in [2.05, 4.69) is 21.2 Å². The van der Waals surface area contributed by atoms with Crippen molar-refractivity contribution in [2.75, 3.05) is 11.9 Å². The van der Waals surface area contributed by atoms with Gasteiger partial charge in [0.1, 0.15) is 5.00 Å². The molecular formula is C21H17BrCl2N2O3S. The second-order valence-corrected chi connectivity index (χ2v) is 9.22. The van der Waals surface area contributed by atoms with Gasteiger partial charge in [0, 0.05) is 16.3 Å². The Labute approximate surface area is 196 Å². The molecule has 3 aromatic rings. The summed E-state index contributed by atoms with van der Waals surface area (Å²) in [5, 5.41) is 3.85. The van der Waals surface area contributed by atoms with Gasteiger partial charge >= 0.3 is 0 Å². The van der Waals surface area contributed by atoms with E-state index in [-0.39, 0.29) is 11.6 Å². The molecule has 3 N–H and O–H groups in total. The standard InChI is InChI=1S/C21H17BrCl2N2O3S/c1-11-16(7-12-5-3-2-4-6-12)30-21(18(11)20(25)28)26-17(27)10-29-19-14(22)8-13(23)9-15(19)24/h2-6,8-9H,7,10H2,1H3,(H2,25,28)(H,26,27). The largest absolute Gasteiger partial charge is 0.481 e. The smallest absolute Gasteiger partial charge is 0.262 e. The summed E-state index contributed by atoms with van der Waals surface area (Å²) in [4.78, 5) is 25.4. The Morgan fingerprint density at radius 1 is 1.20 bits per heavy atom. The molecule has 0 bridgehead atoms. The van der Waals surface area contributed by atoms with Gasteiger partial charge in [-0.1, -0.05) is 53.5 Å². The highest BCUT2D eigenvalue weighted by Gasteiger charge is 2.21. The van der Waals surface area contributed by atoms with E-state index in [1.54, 1.807) is 6.07 Å². The van der Waals surface area contributed by atoms with Crippen molar-refractivity contribution >= 4 is 67.3 Å². The molecule has 0 aliphatic heterocycles. The molecule has 0 aliphatic rings. The molecule has 3 rings (SSSR count). The van der Waals surface area contributed by atoms with Crippen LogP contribution < -0.4 is 15.8 Å². The van der Waals surface area contributed by atoms with Gasteiger partial charge in [-0.05, 0) is 46.1 Å². The van der Waals surface area contributed by atoms with Crippen LogP contribution >= 0.6 is 50.5 Å². The number of primary amides is 1. The third kappa shape index (κ3) is 5.35. The summed E-state index contributed by atoms with van der Waals surface area (Å²) in [6, 6.07) is 13.0. The predicted octanol–water partition coefficient (Wildman–Crippen LogP) is 5.83. The fraction of sp³-hybridized carbons (Fsp3) is 0.143. The number of thiophene rings is 1. The van der Waals surface area contributed by atoms with Crippen LogP contribution in [0.25, 0.3) is 0 Å². The molecule has 0 radical (unpaired) electrons. The first-order valence-corrected chi connectivity index (χ1v) is 11.2.